The van der Waals surface area contributed by atoms with Crippen molar-refractivity contribution in [3.05, 3.63) is 29.8 Å². The fraction of sp³-hybridized carbons (Fsp3) is 0.417. The van der Waals surface area contributed by atoms with Gasteiger partial charge in [0.05, 0.1) is 0 Å². The van der Waals surface area contributed by atoms with Gasteiger partial charge in [0.1, 0.15) is 0 Å². The van der Waals surface area contributed by atoms with Crippen molar-refractivity contribution in [3.8, 4) is 0 Å². The Balaban J connectivity index is 2.63. The third-order valence-corrected chi connectivity index (χ3v) is 3.09. The summed E-state index contributed by atoms with van der Waals surface area (Å²) in [5, 5.41) is 2.96. The van der Waals surface area contributed by atoms with E-state index < -0.39 is 5.76 Å². The molecule has 0 heterocycles. The van der Waals surface area contributed by atoms with Gasteiger partial charge in [-0.05, 0) is 31.3 Å². The van der Waals surface area contributed by atoms with Crippen LogP contribution in [0.1, 0.15) is 10.4 Å². The summed E-state index contributed by atoms with van der Waals surface area (Å²) < 4.78 is 24.3. The van der Waals surface area contributed by atoms with E-state index in [1.54, 1.807) is 24.1 Å². The maximum Gasteiger partial charge on any atom is 0.288 e. The first kappa shape index (κ1) is 14.9. The van der Waals surface area contributed by atoms with Gasteiger partial charge in [0.15, 0.2) is 0 Å². The molecule has 0 fully saturated rings. The van der Waals surface area contributed by atoms with Crippen LogP contribution in [0.2, 0.25) is 0 Å². The van der Waals surface area contributed by atoms with Crippen LogP contribution in [0.4, 0.5) is 8.78 Å². The molecule has 1 N–H and O–H groups in total. The number of nitrogens with zero attached hydrogens (tertiary/aromatic N) is 1. The topological polar surface area (TPSA) is 32.3 Å². The van der Waals surface area contributed by atoms with Crippen molar-refractivity contribution in [2.24, 2.45) is 0 Å². The van der Waals surface area contributed by atoms with Crippen molar-refractivity contribution in [2.45, 2.75) is 10.7 Å². The van der Waals surface area contributed by atoms with Crippen molar-refractivity contribution < 1.29 is 13.6 Å². The Morgan fingerprint density at radius 1 is 1.39 bits per heavy atom. The van der Waals surface area contributed by atoms with Crippen LogP contribution < -0.4 is 5.32 Å². The molecule has 3 nitrogen and oxygen atoms in total. The summed E-state index contributed by atoms with van der Waals surface area (Å²) in [7, 11) is 3.52. The predicted octanol–water partition coefficient (Wildman–Crippen LogP) is 2.29. The number of nitrogens with one attached hydrogen (secondary N) is 1. The zero-order chi connectivity index (χ0) is 13.5. The highest BCUT2D eigenvalue weighted by Crippen LogP contribution is 2.25. The number of carbonyl (C=O) groups excluding carboxylic acids is 1. The molecule has 0 bridgehead atoms. The number of benzene rings is 1. The molecule has 0 saturated carbocycles. The summed E-state index contributed by atoms with van der Waals surface area (Å²) in [6.45, 7) is 1.31. The summed E-state index contributed by atoms with van der Waals surface area (Å²) in [4.78, 5) is 14.0. The van der Waals surface area contributed by atoms with E-state index in [-0.39, 0.29) is 5.91 Å². The monoisotopic (exact) mass is 274 g/mol. The molecule has 0 aromatic heterocycles. The van der Waals surface area contributed by atoms with Crippen molar-refractivity contribution in [2.75, 3.05) is 27.2 Å². The van der Waals surface area contributed by atoms with Crippen LogP contribution in [-0.4, -0.2) is 43.7 Å². The number of alkyl halides is 2. The number of amides is 1. The molecule has 0 unspecified atom stereocenters. The quantitative estimate of drug-likeness (QED) is 0.808. The van der Waals surface area contributed by atoms with E-state index in [0.717, 1.165) is 0 Å². The second kappa shape index (κ2) is 7.33. The largest absolute Gasteiger partial charge is 0.340 e. The van der Waals surface area contributed by atoms with E-state index in [0.29, 0.717) is 35.3 Å². The number of rotatable bonds is 6. The Bertz CT molecular complexity index is 384. The maximum absolute atomic E-state index is 12.1. The third-order valence-electron chi connectivity index (χ3n) is 2.37. The minimum Gasteiger partial charge on any atom is -0.340 e. The lowest BCUT2D eigenvalue weighted by Crippen LogP contribution is -2.32. The molecule has 100 valence electrons. The molecule has 0 spiro atoms. The Morgan fingerprint density at radius 2 is 2.00 bits per heavy atom. The van der Waals surface area contributed by atoms with Crippen LogP contribution in [0.15, 0.2) is 29.2 Å². The van der Waals surface area contributed by atoms with Crippen LogP contribution in [0.3, 0.4) is 0 Å². The average Bonchev–Trinajstić information content (AvgIpc) is 2.35. The normalized spacial score (nSPS) is 10.7. The van der Waals surface area contributed by atoms with Gasteiger partial charge in [0.2, 0.25) is 0 Å². The Morgan fingerprint density at radius 3 is 2.50 bits per heavy atom. The molecule has 18 heavy (non-hydrogen) atoms. The second-order valence-corrected chi connectivity index (χ2v) is 4.80. The fourth-order valence-corrected chi connectivity index (χ4v) is 1.88. The van der Waals surface area contributed by atoms with E-state index in [1.165, 1.54) is 12.1 Å². The molecular formula is C12H16F2N2OS. The number of halogens is 2. The predicted molar refractivity (Wildman–Crippen MR) is 69.2 cm³/mol. The molecule has 1 aromatic carbocycles. The molecule has 1 amide bonds. The molecule has 1 rings (SSSR count). The van der Waals surface area contributed by atoms with E-state index in [2.05, 4.69) is 5.32 Å². The highest BCUT2D eigenvalue weighted by Gasteiger charge is 2.11. The van der Waals surface area contributed by atoms with Crippen molar-refractivity contribution in [3.63, 3.8) is 0 Å². The van der Waals surface area contributed by atoms with Crippen LogP contribution >= 0.6 is 11.8 Å². The maximum atomic E-state index is 12.1. The molecule has 0 radical (unpaired) electrons. The molecule has 0 atom stereocenters. The molecular weight excluding hydrogens is 258 g/mol. The number of hydrogen-bond acceptors (Lipinski definition) is 3. The number of likely N-dealkylation sites (N-methyl/N-ethyl adjacent to an activating group) is 2. The van der Waals surface area contributed by atoms with Gasteiger partial charge < -0.3 is 10.2 Å². The molecule has 1 aromatic rings. The SMILES string of the molecule is CNCCN(C)C(=O)c1ccc(SC(F)F)cc1. The molecule has 6 heteroatoms. The zero-order valence-corrected chi connectivity index (χ0v) is 11.1. The van der Waals surface area contributed by atoms with Crippen LogP contribution in [0.5, 0.6) is 0 Å². The molecule has 0 saturated heterocycles. The van der Waals surface area contributed by atoms with Gasteiger partial charge in [0.25, 0.3) is 11.7 Å². The van der Waals surface area contributed by atoms with Gasteiger partial charge >= 0.3 is 0 Å². The first-order valence-corrected chi connectivity index (χ1v) is 6.37. The smallest absolute Gasteiger partial charge is 0.288 e. The van der Waals surface area contributed by atoms with Crippen molar-refractivity contribution in [1.29, 1.82) is 0 Å². The highest BCUT2D eigenvalue weighted by atomic mass is 32.2. The summed E-state index contributed by atoms with van der Waals surface area (Å²) in [6.07, 6.45) is 0. The van der Waals surface area contributed by atoms with Gasteiger partial charge in [-0.1, -0.05) is 11.8 Å². The lowest BCUT2D eigenvalue weighted by molar-refractivity contribution is 0.0797. The minimum absolute atomic E-state index is 0.112. The average molecular weight is 274 g/mol. The number of hydrogen-bond donors (Lipinski definition) is 1. The summed E-state index contributed by atoms with van der Waals surface area (Å²) in [5.41, 5.74) is 0.507. The summed E-state index contributed by atoms with van der Waals surface area (Å²) >= 11 is 0.473. The van der Waals surface area contributed by atoms with E-state index in [9.17, 15) is 13.6 Å². The Hall–Kier alpha value is -1.14. The van der Waals surface area contributed by atoms with Crippen molar-refractivity contribution >= 4 is 17.7 Å². The lowest BCUT2D eigenvalue weighted by Gasteiger charge is -2.17. The fourth-order valence-electron chi connectivity index (χ4n) is 1.38. The van der Waals surface area contributed by atoms with E-state index >= 15 is 0 Å². The summed E-state index contributed by atoms with van der Waals surface area (Å²) in [6, 6.07) is 6.22. The van der Waals surface area contributed by atoms with Gasteiger partial charge in [-0.3, -0.25) is 4.79 Å². The molecule has 0 aliphatic heterocycles. The van der Waals surface area contributed by atoms with Crippen LogP contribution in [0.25, 0.3) is 0 Å². The van der Waals surface area contributed by atoms with Crippen molar-refractivity contribution in [1.82, 2.24) is 10.2 Å². The second-order valence-electron chi connectivity index (χ2n) is 3.73. The Labute approximate surface area is 110 Å². The van der Waals surface area contributed by atoms with Crippen LogP contribution in [0, 0.1) is 0 Å². The van der Waals surface area contributed by atoms with Gasteiger partial charge in [-0.2, -0.15) is 8.78 Å². The van der Waals surface area contributed by atoms with Gasteiger partial charge in [-0.25, -0.2) is 0 Å². The number of thioether (sulfide) groups is 1. The third kappa shape index (κ3) is 4.62. The number of carbonyl (C=O) groups is 1. The van der Waals surface area contributed by atoms with Gasteiger partial charge in [0, 0.05) is 30.6 Å². The van der Waals surface area contributed by atoms with Crippen LogP contribution in [-0.2, 0) is 0 Å². The highest BCUT2D eigenvalue weighted by molar-refractivity contribution is 7.99. The first-order chi connectivity index (χ1) is 8.54. The first-order valence-electron chi connectivity index (χ1n) is 5.49. The van der Waals surface area contributed by atoms with Gasteiger partial charge in [-0.15, -0.1) is 0 Å². The standard InChI is InChI=1S/C12H16F2N2OS/c1-15-7-8-16(2)11(17)9-3-5-10(6-4-9)18-12(13)14/h3-6,12,15H,7-8H2,1-2H3. The van der Waals surface area contributed by atoms with E-state index in [1.807, 2.05) is 7.05 Å². The summed E-state index contributed by atoms with van der Waals surface area (Å²) in [5.74, 6) is -2.55. The zero-order valence-electron chi connectivity index (χ0n) is 10.3. The molecule has 0 aliphatic carbocycles. The molecule has 0 aliphatic rings. The minimum atomic E-state index is -2.44. The Kier molecular flexibility index (Phi) is 6.07. The lowest BCUT2D eigenvalue weighted by atomic mass is 10.2. The van der Waals surface area contributed by atoms with E-state index in [4.69, 9.17) is 0 Å².